The van der Waals surface area contributed by atoms with Crippen molar-refractivity contribution in [2.75, 3.05) is 50.7 Å². The van der Waals surface area contributed by atoms with E-state index in [4.69, 9.17) is 0 Å². The van der Waals surface area contributed by atoms with E-state index in [2.05, 4.69) is 32.6 Å². The molecule has 29 heavy (non-hydrogen) atoms. The number of piperazine rings is 1. The minimum atomic E-state index is -0.205. The minimum Gasteiger partial charge on any atom is -0.369 e. The second-order valence-corrected chi connectivity index (χ2v) is 8.08. The summed E-state index contributed by atoms with van der Waals surface area (Å²) in [5.74, 6) is 0.324. The van der Waals surface area contributed by atoms with E-state index in [9.17, 15) is 9.59 Å². The number of benzene rings is 1. The van der Waals surface area contributed by atoms with Gasteiger partial charge in [0.15, 0.2) is 0 Å². The molecule has 2 N–H and O–H groups in total. The van der Waals surface area contributed by atoms with Crippen LogP contribution in [-0.4, -0.2) is 62.5 Å². The topological polar surface area (TPSA) is 64.7 Å². The van der Waals surface area contributed by atoms with Gasteiger partial charge in [0.05, 0.1) is 5.92 Å². The molecule has 1 unspecified atom stereocenters. The number of imide groups is 1. The smallest absolute Gasteiger partial charge is 0.234 e. The standard InChI is InChI=1S/C21H30N4O2.2ClH/c26-20-5-4-19(21(27)23-20)17-2-1-3-18(14-17)25-12-10-24(11-13-25)15-16-6-8-22-9-7-16;;/h1-3,14,16,19,22H,4-13,15H2,(H,23,26,27);2*1H. The number of carbonyl (C=O) groups excluding carboxylic acids is 2. The van der Waals surface area contributed by atoms with Crippen LogP contribution < -0.4 is 15.5 Å². The van der Waals surface area contributed by atoms with Crippen molar-refractivity contribution in [1.82, 2.24) is 15.5 Å². The van der Waals surface area contributed by atoms with E-state index in [-0.39, 0.29) is 42.5 Å². The Morgan fingerprint density at radius 2 is 1.69 bits per heavy atom. The van der Waals surface area contributed by atoms with Crippen LogP contribution in [0.4, 0.5) is 5.69 Å². The molecular weight excluding hydrogens is 411 g/mol. The molecule has 3 saturated heterocycles. The summed E-state index contributed by atoms with van der Waals surface area (Å²) in [6.45, 7) is 7.83. The highest BCUT2D eigenvalue weighted by Crippen LogP contribution is 2.28. The molecule has 8 heteroatoms. The Morgan fingerprint density at radius 3 is 2.38 bits per heavy atom. The first-order valence-electron chi connectivity index (χ1n) is 10.3. The predicted octanol–water partition coefficient (Wildman–Crippen LogP) is 2.17. The third-order valence-corrected chi connectivity index (χ3v) is 6.22. The van der Waals surface area contributed by atoms with E-state index in [1.54, 1.807) is 0 Å². The zero-order valence-electron chi connectivity index (χ0n) is 16.8. The minimum absolute atomic E-state index is 0. The fourth-order valence-corrected chi connectivity index (χ4v) is 4.57. The van der Waals surface area contributed by atoms with Crippen molar-refractivity contribution in [3.05, 3.63) is 29.8 Å². The number of hydrogen-bond acceptors (Lipinski definition) is 5. The first-order valence-corrected chi connectivity index (χ1v) is 10.3. The van der Waals surface area contributed by atoms with Crippen LogP contribution in [0.2, 0.25) is 0 Å². The van der Waals surface area contributed by atoms with Gasteiger partial charge in [0.25, 0.3) is 0 Å². The zero-order chi connectivity index (χ0) is 18.6. The van der Waals surface area contributed by atoms with Gasteiger partial charge in [-0.05, 0) is 56.0 Å². The average Bonchev–Trinajstić information content (AvgIpc) is 2.69. The lowest BCUT2D eigenvalue weighted by Gasteiger charge is -2.38. The predicted molar refractivity (Wildman–Crippen MR) is 120 cm³/mol. The lowest BCUT2D eigenvalue weighted by atomic mass is 9.90. The van der Waals surface area contributed by atoms with E-state index in [1.165, 1.54) is 25.1 Å². The molecule has 0 saturated carbocycles. The fraction of sp³-hybridized carbons (Fsp3) is 0.619. The van der Waals surface area contributed by atoms with E-state index >= 15 is 0 Å². The molecule has 162 valence electrons. The molecule has 3 fully saturated rings. The molecule has 3 aliphatic heterocycles. The van der Waals surface area contributed by atoms with Crippen LogP contribution in [0.5, 0.6) is 0 Å². The molecule has 1 aromatic carbocycles. The molecule has 1 aromatic rings. The lowest BCUT2D eigenvalue weighted by Crippen LogP contribution is -2.48. The van der Waals surface area contributed by atoms with Gasteiger partial charge in [0, 0.05) is 44.8 Å². The van der Waals surface area contributed by atoms with E-state index in [1.807, 2.05) is 12.1 Å². The van der Waals surface area contributed by atoms with Crippen LogP contribution >= 0.6 is 24.8 Å². The Labute approximate surface area is 185 Å². The van der Waals surface area contributed by atoms with Crippen molar-refractivity contribution in [1.29, 1.82) is 0 Å². The van der Waals surface area contributed by atoms with Gasteiger partial charge in [-0.1, -0.05) is 12.1 Å². The van der Waals surface area contributed by atoms with Gasteiger partial charge in [0.2, 0.25) is 11.8 Å². The van der Waals surface area contributed by atoms with Crippen molar-refractivity contribution in [3.8, 4) is 0 Å². The summed E-state index contributed by atoms with van der Waals surface area (Å²) in [6, 6.07) is 8.33. The number of halogens is 2. The Hall–Kier alpha value is -1.34. The second kappa shape index (κ2) is 11.2. The molecule has 6 nitrogen and oxygen atoms in total. The molecule has 0 bridgehead atoms. The van der Waals surface area contributed by atoms with Gasteiger partial charge in [0.1, 0.15) is 0 Å². The molecule has 0 aromatic heterocycles. The summed E-state index contributed by atoms with van der Waals surface area (Å²) in [4.78, 5) is 28.6. The van der Waals surface area contributed by atoms with Crippen LogP contribution in [0.1, 0.15) is 37.2 Å². The maximum Gasteiger partial charge on any atom is 0.234 e. The Kier molecular flexibility index (Phi) is 9.21. The van der Waals surface area contributed by atoms with Gasteiger partial charge in [-0.2, -0.15) is 0 Å². The van der Waals surface area contributed by atoms with Gasteiger partial charge in [-0.3, -0.25) is 19.8 Å². The summed E-state index contributed by atoms with van der Waals surface area (Å²) in [5, 5.41) is 5.91. The number of nitrogens with zero attached hydrogens (tertiary/aromatic N) is 2. The normalized spacial score (nSPS) is 23.7. The number of amides is 2. The molecule has 4 rings (SSSR count). The molecule has 3 heterocycles. The van der Waals surface area contributed by atoms with Gasteiger partial charge < -0.3 is 10.2 Å². The molecule has 0 spiro atoms. The number of nitrogens with one attached hydrogen (secondary N) is 2. The highest BCUT2D eigenvalue weighted by Gasteiger charge is 2.28. The van der Waals surface area contributed by atoms with E-state index in [0.717, 1.165) is 50.7 Å². The first kappa shape index (κ1) is 23.9. The molecule has 0 radical (unpaired) electrons. The van der Waals surface area contributed by atoms with Gasteiger partial charge in [-0.25, -0.2) is 0 Å². The second-order valence-electron chi connectivity index (χ2n) is 8.08. The van der Waals surface area contributed by atoms with Crippen molar-refractivity contribution in [2.45, 2.75) is 31.6 Å². The molecule has 2 amide bonds. The monoisotopic (exact) mass is 442 g/mol. The number of carbonyl (C=O) groups is 2. The third-order valence-electron chi connectivity index (χ3n) is 6.22. The van der Waals surface area contributed by atoms with E-state index < -0.39 is 0 Å². The molecule has 3 aliphatic rings. The van der Waals surface area contributed by atoms with Crippen LogP contribution in [0.25, 0.3) is 0 Å². The maximum absolute atomic E-state index is 12.2. The molecule has 1 atom stereocenters. The molecular formula is C21H32Cl2N4O2. The van der Waals surface area contributed by atoms with Crippen molar-refractivity contribution in [3.63, 3.8) is 0 Å². The van der Waals surface area contributed by atoms with Crippen molar-refractivity contribution < 1.29 is 9.59 Å². The first-order chi connectivity index (χ1) is 13.2. The fourth-order valence-electron chi connectivity index (χ4n) is 4.57. The Morgan fingerprint density at radius 1 is 0.966 bits per heavy atom. The highest BCUT2D eigenvalue weighted by molar-refractivity contribution is 6.01. The quantitative estimate of drug-likeness (QED) is 0.699. The number of rotatable bonds is 4. The van der Waals surface area contributed by atoms with Gasteiger partial charge in [-0.15, -0.1) is 24.8 Å². The van der Waals surface area contributed by atoms with E-state index in [0.29, 0.717) is 12.8 Å². The SMILES string of the molecule is Cl.Cl.O=C1CCC(c2cccc(N3CCN(CC4CCNCC4)CC3)c2)C(=O)N1. The average molecular weight is 443 g/mol. The van der Waals surface area contributed by atoms with Crippen LogP contribution in [0.3, 0.4) is 0 Å². The van der Waals surface area contributed by atoms with Gasteiger partial charge >= 0.3 is 0 Å². The van der Waals surface area contributed by atoms with Crippen LogP contribution in [0, 0.1) is 5.92 Å². The number of piperidine rings is 2. The van der Waals surface area contributed by atoms with Crippen LogP contribution in [0.15, 0.2) is 24.3 Å². The molecule has 0 aliphatic carbocycles. The van der Waals surface area contributed by atoms with Crippen molar-refractivity contribution >= 4 is 42.3 Å². The zero-order valence-corrected chi connectivity index (χ0v) is 18.4. The summed E-state index contributed by atoms with van der Waals surface area (Å²) in [5.41, 5.74) is 2.22. The summed E-state index contributed by atoms with van der Waals surface area (Å²) in [7, 11) is 0. The summed E-state index contributed by atoms with van der Waals surface area (Å²) < 4.78 is 0. The Balaban J connectivity index is 0.00000150. The third kappa shape index (κ3) is 6.07. The lowest BCUT2D eigenvalue weighted by molar-refractivity contribution is -0.134. The number of hydrogen-bond donors (Lipinski definition) is 2. The van der Waals surface area contributed by atoms with Crippen molar-refractivity contribution in [2.24, 2.45) is 5.92 Å². The summed E-state index contributed by atoms with van der Waals surface area (Å²) in [6.07, 6.45) is 3.64. The largest absolute Gasteiger partial charge is 0.369 e. The Bertz CT molecular complexity index is 689. The number of anilines is 1. The van der Waals surface area contributed by atoms with Crippen LogP contribution in [-0.2, 0) is 9.59 Å². The maximum atomic E-state index is 12.2. The highest BCUT2D eigenvalue weighted by atomic mass is 35.5. The summed E-state index contributed by atoms with van der Waals surface area (Å²) >= 11 is 0.